The summed E-state index contributed by atoms with van der Waals surface area (Å²) in [6.07, 6.45) is 3.56. The van der Waals surface area contributed by atoms with Gasteiger partial charge in [0, 0.05) is 69.7 Å². The van der Waals surface area contributed by atoms with Crippen LogP contribution >= 0.6 is 35.7 Å². The summed E-state index contributed by atoms with van der Waals surface area (Å²) < 4.78 is 0. The Morgan fingerprint density at radius 2 is 1.75 bits per heavy atom. The van der Waals surface area contributed by atoms with Crippen molar-refractivity contribution in [3.05, 3.63) is 18.5 Å². The standard InChI is InChI=1S/C15H25N7S.HI/c16-14(17-4-5-20-10-12-23-13-11-20)21-6-8-22(9-7-21)15-18-2-1-3-19-15;/h1-3H,4-13H2,(H2,16,17);1H. The third-order valence-corrected chi connectivity index (χ3v) is 5.17. The molecule has 2 N–H and O–H groups in total. The van der Waals surface area contributed by atoms with Crippen LogP contribution in [-0.2, 0) is 0 Å². The van der Waals surface area contributed by atoms with Crippen molar-refractivity contribution < 1.29 is 0 Å². The van der Waals surface area contributed by atoms with Crippen LogP contribution in [0, 0.1) is 0 Å². The maximum atomic E-state index is 6.15. The number of aliphatic imine (C=N–C) groups is 1. The summed E-state index contributed by atoms with van der Waals surface area (Å²) in [5.41, 5.74) is 6.15. The molecule has 3 rings (SSSR count). The molecule has 3 heterocycles. The highest BCUT2D eigenvalue weighted by Crippen LogP contribution is 2.10. The van der Waals surface area contributed by atoms with Gasteiger partial charge in [-0.3, -0.25) is 9.89 Å². The number of nitrogens with zero attached hydrogens (tertiary/aromatic N) is 6. The predicted molar refractivity (Wildman–Crippen MR) is 111 cm³/mol. The van der Waals surface area contributed by atoms with E-state index in [-0.39, 0.29) is 24.0 Å². The Bertz CT molecular complexity index is 502. The molecule has 0 atom stereocenters. The fraction of sp³-hybridized carbons (Fsp3) is 0.667. The van der Waals surface area contributed by atoms with Gasteiger partial charge in [-0.2, -0.15) is 11.8 Å². The number of halogens is 1. The van der Waals surface area contributed by atoms with E-state index in [4.69, 9.17) is 5.73 Å². The Balaban J connectivity index is 0.00000208. The minimum absolute atomic E-state index is 0. The van der Waals surface area contributed by atoms with Crippen molar-refractivity contribution in [1.82, 2.24) is 19.8 Å². The number of thioether (sulfide) groups is 1. The molecule has 2 saturated heterocycles. The number of rotatable bonds is 4. The summed E-state index contributed by atoms with van der Waals surface area (Å²) in [6.45, 7) is 7.65. The number of guanidine groups is 1. The molecule has 0 spiro atoms. The summed E-state index contributed by atoms with van der Waals surface area (Å²) in [4.78, 5) is 20.0. The molecular formula is C15H26IN7S. The lowest BCUT2D eigenvalue weighted by atomic mass is 10.3. The molecular weight excluding hydrogens is 437 g/mol. The van der Waals surface area contributed by atoms with E-state index in [2.05, 4.69) is 29.7 Å². The van der Waals surface area contributed by atoms with Crippen molar-refractivity contribution in [1.29, 1.82) is 0 Å². The number of nitrogens with two attached hydrogens (primary N) is 1. The van der Waals surface area contributed by atoms with Crippen molar-refractivity contribution in [3.63, 3.8) is 0 Å². The van der Waals surface area contributed by atoms with E-state index in [0.717, 1.165) is 45.2 Å². The second kappa shape index (κ2) is 10.2. The molecule has 0 bridgehead atoms. The Hall–Kier alpha value is -0.810. The highest BCUT2D eigenvalue weighted by molar-refractivity contribution is 14.0. The Morgan fingerprint density at radius 1 is 1.08 bits per heavy atom. The van der Waals surface area contributed by atoms with E-state index in [1.54, 1.807) is 12.4 Å². The summed E-state index contributed by atoms with van der Waals surface area (Å²) in [5, 5.41) is 0. The van der Waals surface area contributed by atoms with E-state index in [1.807, 2.05) is 17.8 Å². The zero-order valence-corrected chi connectivity index (χ0v) is 17.0. The third-order valence-electron chi connectivity index (χ3n) is 4.23. The smallest absolute Gasteiger partial charge is 0.225 e. The molecule has 1 aromatic rings. The normalized spacial score (nSPS) is 19.9. The van der Waals surface area contributed by atoms with Crippen molar-refractivity contribution >= 4 is 47.6 Å². The topological polar surface area (TPSA) is 73.9 Å². The number of hydrogen-bond donors (Lipinski definition) is 1. The van der Waals surface area contributed by atoms with Gasteiger partial charge in [-0.05, 0) is 6.07 Å². The molecule has 0 amide bonds. The van der Waals surface area contributed by atoms with Crippen LogP contribution in [0.2, 0.25) is 0 Å². The highest BCUT2D eigenvalue weighted by atomic mass is 127. The van der Waals surface area contributed by atoms with Gasteiger partial charge in [-0.15, -0.1) is 24.0 Å². The van der Waals surface area contributed by atoms with Gasteiger partial charge in [0.1, 0.15) is 0 Å². The van der Waals surface area contributed by atoms with Gasteiger partial charge < -0.3 is 15.5 Å². The molecule has 0 unspecified atom stereocenters. The van der Waals surface area contributed by atoms with E-state index in [1.165, 1.54) is 24.6 Å². The van der Waals surface area contributed by atoms with Gasteiger partial charge in [-0.1, -0.05) is 0 Å². The van der Waals surface area contributed by atoms with Crippen LogP contribution in [0.4, 0.5) is 5.95 Å². The van der Waals surface area contributed by atoms with Crippen LogP contribution < -0.4 is 10.6 Å². The van der Waals surface area contributed by atoms with Crippen LogP contribution in [0.3, 0.4) is 0 Å². The fourth-order valence-electron chi connectivity index (χ4n) is 2.82. The van der Waals surface area contributed by atoms with E-state index in [0.29, 0.717) is 5.96 Å². The first-order valence-corrected chi connectivity index (χ1v) is 9.35. The molecule has 134 valence electrons. The van der Waals surface area contributed by atoms with Crippen LogP contribution in [0.25, 0.3) is 0 Å². The molecule has 0 radical (unpaired) electrons. The lowest BCUT2D eigenvalue weighted by Gasteiger charge is -2.35. The number of hydrogen-bond acceptors (Lipinski definition) is 6. The van der Waals surface area contributed by atoms with E-state index in [9.17, 15) is 0 Å². The number of anilines is 1. The minimum Gasteiger partial charge on any atom is -0.370 e. The first kappa shape index (κ1) is 19.5. The minimum atomic E-state index is 0. The molecule has 2 aliphatic heterocycles. The lowest BCUT2D eigenvalue weighted by molar-refractivity contribution is 0.310. The number of piperazine rings is 1. The van der Waals surface area contributed by atoms with Crippen LogP contribution in [0.15, 0.2) is 23.5 Å². The average Bonchev–Trinajstić information content (AvgIpc) is 2.63. The van der Waals surface area contributed by atoms with Gasteiger partial charge >= 0.3 is 0 Å². The Morgan fingerprint density at radius 3 is 2.42 bits per heavy atom. The van der Waals surface area contributed by atoms with Gasteiger partial charge in [0.15, 0.2) is 5.96 Å². The zero-order chi connectivity index (χ0) is 15.9. The monoisotopic (exact) mass is 463 g/mol. The van der Waals surface area contributed by atoms with Crippen LogP contribution in [-0.4, -0.2) is 89.6 Å². The fourth-order valence-corrected chi connectivity index (χ4v) is 3.80. The molecule has 0 aliphatic carbocycles. The van der Waals surface area contributed by atoms with Crippen molar-refractivity contribution in [3.8, 4) is 0 Å². The summed E-state index contributed by atoms with van der Waals surface area (Å²) in [7, 11) is 0. The summed E-state index contributed by atoms with van der Waals surface area (Å²) in [6, 6.07) is 1.84. The van der Waals surface area contributed by atoms with Crippen LogP contribution in [0.5, 0.6) is 0 Å². The molecule has 7 nitrogen and oxygen atoms in total. The highest BCUT2D eigenvalue weighted by Gasteiger charge is 2.19. The van der Waals surface area contributed by atoms with Crippen LogP contribution in [0.1, 0.15) is 0 Å². The number of aromatic nitrogens is 2. The van der Waals surface area contributed by atoms with Gasteiger partial charge in [0.2, 0.25) is 5.95 Å². The first-order chi connectivity index (χ1) is 11.3. The molecule has 2 aliphatic rings. The van der Waals surface area contributed by atoms with E-state index >= 15 is 0 Å². The molecule has 2 fully saturated rings. The van der Waals surface area contributed by atoms with Gasteiger partial charge in [0.05, 0.1) is 6.54 Å². The van der Waals surface area contributed by atoms with E-state index < -0.39 is 0 Å². The second-order valence-electron chi connectivity index (χ2n) is 5.72. The first-order valence-electron chi connectivity index (χ1n) is 8.20. The van der Waals surface area contributed by atoms with Crippen molar-refractivity contribution in [2.45, 2.75) is 0 Å². The molecule has 0 saturated carbocycles. The summed E-state index contributed by atoms with van der Waals surface area (Å²) >= 11 is 2.03. The molecule has 24 heavy (non-hydrogen) atoms. The molecule has 9 heteroatoms. The maximum Gasteiger partial charge on any atom is 0.225 e. The van der Waals surface area contributed by atoms with Gasteiger partial charge in [-0.25, -0.2) is 9.97 Å². The van der Waals surface area contributed by atoms with Crippen molar-refractivity contribution in [2.75, 3.05) is 68.8 Å². The molecule has 0 aromatic carbocycles. The average molecular weight is 463 g/mol. The largest absolute Gasteiger partial charge is 0.370 e. The van der Waals surface area contributed by atoms with Gasteiger partial charge in [0.25, 0.3) is 0 Å². The third kappa shape index (κ3) is 5.62. The SMILES string of the molecule is I.NC(=NCCN1CCSCC1)N1CCN(c2ncccn2)CC1. The zero-order valence-electron chi connectivity index (χ0n) is 13.9. The Kier molecular flexibility index (Phi) is 8.33. The quantitative estimate of drug-likeness (QED) is 0.398. The summed E-state index contributed by atoms with van der Waals surface area (Å²) in [5.74, 6) is 3.95. The second-order valence-corrected chi connectivity index (χ2v) is 6.94. The Labute approximate surface area is 165 Å². The maximum absolute atomic E-state index is 6.15. The predicted octanol–water partition coefficient (Wildman–Crippen LogP) is 0.580. The lowest BCUT2D eigenvalue weighted by Crippen LogP contribution is -2.51. The van der Waals surface area contributed by atoms with Crippen molar-refractivity contribution in [2.24, 2.45) is 10.7 Å². The molecule has 1 aromatic heterocycles.